The third kappa shape index (κ3) is 5.05. The van der Waals surface area contributed by atoms with E-state index >= 15 is 0 Å². The molecule has 2 rings (SSSR count). The molecule has 0 radical (unpaired) electrons. The van der Waals surface area contributed by atoms with Crippen molar-refractivity contribution in [2.75, 3.05) is 26.7 Å². The van der Waals surface area contributed by atoms with Crippen LogP contribution in [0.1, 0.15) is 58.3 Å². The summed E-state index contributed by atoms with van der Waals surface area (Å²) in [5, 5.41) is 3.60. The van der Waals surface area contributed by atoms with Crippen LogP contribution in [0.15, 0.2) is 0 Å². The van der Waals surface area contributed by atoms with E-state index < -0.39 is 0 Å². The zero-order valence-electron chi connectivity index (χ0n) is 12.9. The molecule has 1 saturated carbocycles. The Hall–Kier alpha value is -0.120. The van der Waals surface area contributed by atoms with Crippen molar-refractivity contribution in [3.05, 3.63) is 0 Å². The average Bonchev–Trinajstić information content (AvgIpc) is 2.78. The van der Waals surface area contributed by atoms with Crippen LogP contribution in [0.4, 0.5) is 0 Å². The van der Waals surface area contributed by atoms with E-state index in [2.05, 4.69) is 24.2 Å². The lowest BCUT2D eigenvalue weighted by molar-refractivity contribution is 0.105. The summed E-state index contributed by atoms with van der Waals surface area (Å²) in [7, 11) is 2.31. The Kier molecular flexibility index (Phi) is 6.62. The summed E-state index contributed by atoms with van der Waals surface area (Å²) in [5.41, 5.74) is 0. The molecule has 2 fully saturated rings. The molecule has 0 aromatic carbocycles. The summed E-state index contributed by atoms with van der Waals surface area (Å²) in [4.78, 5) is 2.60. The van der Waals surface area contributed by atoms with Gasteiger partial charge in [0.25, 0.3) is 0 Å². The lowest BCUT2D eigenvalue weighted by atomic mass is 10.1. The molecule has 1 aliphatic heterocycles. The van der Waals surface area contributed by atoms with Crippen molar-refractivity contribution in [1.29, 1.82) is 0 Å². The first-order valence-corrected chi connectivity index (χ1v) is 8.31. The van der Waals surface area contributed by atoms with Gasteiger partial charge in [-0.25, -0.2) is 0 Å². The predicted octanol–water partition coefficient (Wildman–Crippen LogP) is 2.80. The van der Waals surface area contributed by atoms with Crippen LogP contribution in [0.5, 0.6) is 0 Å². The lowest BCUT2D eigenvalue weighted by Crippen LogP contribution is -2.44. The van der Waals surface area contributed by atoms with Crippen LogP contribution in [0.2, 0.25) is 0 Å². The van der Waals surface area contributed by atoms with Gasteiger partial charge in [-0.05, 0) is 39.7 Å². The Morgan fingerprint density at radius 3 is 2.47 bits per heavy atom. The second kappa shape index (κ2) is 8.23. The topological polar surface area (TPSA) is 24.5 Å². The number of ether oxygens (including phenoxy) is 1. The van der Waals surface area contributed by atoms with Gasteiger partial charge in [-0.15, -0.1) is 0 Å². The minimum Gasteiger partial charge on any atom is -0.377 e. The third-order valence-corrected chi connectivity index (χ3v) is 4.93. The van der Waals surface area contributed by atoms with E-state index in [1.54, 1.807) is 0 Å². The molecule has 1 heterocycles. The van der Waals surface area contributed by atoms with Gasteiger partial charge in [0.15, 0.2) is 0 Å². The van der Waals surface area contributed by atoms with Crippen molar-refractivity contribution in [2.24, 2.45) is 0 Å². The fraction of sp³-hybridized carbons (Fsp3) is 1.00. The summed E-state index contributed by atoms with van der Waals surface area (Å²) in [6.45, 7) is 5.44. The molecule has 3 heteroatoms. The van der Waals surface area contributed by atoms with Crippen molar-refractivity contribution in [2.45, 2.75) is 76.5 Å². The zero-order valence-corrected chi connectivity index (χ0v) is 12.9. The summed E-state index contributed by atoms with van der Waals surface area (Å²) >= 11 is 0. The van der Waals surface area contributed by atoms with E-state index in [1.807, 2.05) is 0 Å². The first kappa shape index (κ1) is 15.3. The molecule has 1 saturated heterocycles. The van der Waals surface area contributed by atoms with Gasteiger partial charge in [0.05, 0.1) is 6.10 Å². The van der Waals surface area contributed by atoms with Gasteiger partial charge >= 0.3 is 0 Å². The molecule has 0 amide bonds. The van der Waals surface area contributed by atoms with Gasteiger partial charge in [0.1, 0.15) is 0 Å². The predicted molar refractivity (Wildman–Crippen MR) is 80.6 cm³/mol. The molecule has 1 aliphatic carbocycles. The maximum absolute atomic E-state index is 5.65. The van der Waals surface area contributed by atoms with E-state index in [4.69, 9.17) is 4.74 Å². The van der Waals surface area contributed by atoms with Crippen molar-refractivity contribution >= 4 is 0 Å². The average molecular weight is 268 g/mol. The summed E-state index contributed by atoms with van der Waals surface area (Å²) in [6, 6.07) is 1.44. The van der Waals surface area contributed by atoms with Crippen molar-refractivity contribution in [1.82, 2.24) is 10.2 Å². The minimum atomic E-state index is 0.468. The number of hydrogen-bond donors (Lipinski definition) is 1. The molecule has 112 valence electrons. The van der Waals surface area contributed by atoms with Crippen molar-refractivity contribution < 1.29 is 4.74 Å². The maximum Gasteiger partial charge on any atom is 0.0700 e. The second-order valence-electron chi connectivity index (χ2n) is 6.45. The summed E-state index contributed by atoms with van der Waals surface area (Å²) in [5.74, 6) is 0. The third-order valence-electron chi connectivity index (χ3n) is 4.93. The Balaban J connectivity index is 1.64. The molecule has 0 aromatic heterocycles. The van der Waals surface area contributed by atoms with Crippen molar-refractivity contribution in [3.63, 3.8) is 0 Å². The molecule has 0 aromatic rings. The van der Waals surface area contributed by atoms with Crippen LogP contribution < -0.4 is 5.32 Å². The highest BCUT2D eigenvalue weighted by atomic mass is 16.5. The zero-order chi connectivity index (χ0) is 13.5. The van der Waals surface area contributed by atoms with Gasteiger partial charge < -0.3 is 10.1 Å². The number of nitrogens with one attached hydrogen (secondary N) is 1. The van der Waals surface area contributed by atoms with Gasteiger partial charge in [0.2, 0.25) is 0 Å². The first-order chi connectivity index (χ1) is 9.27. The van der Waals surface area contributed by atoms with Crippen LogP contribution in [-0.2, 0) is 4.74 Å². The highest BCUT2D eigenvalue weighted by Gasteiger charge is 2.21. The Morgan fingerprint density at radius 1 is 1.11 bits per heavy atom. The molecule has 2 aliphatic rings. The molecular formula is C16H32N2O. The number of likely N-dealkylation sites (N-methyl/N-ethyl adjacent to an activating group) is 1. The van der Waals surface area contributed by atoms with E-state index in [9.17, 15) is 0 Å². The maximum atomic E-state index is 5.65. The quantitative estimate of drug-likeness (QED) is 0.750. The standard InChI is InChI=1S/C16H32N2O/c1-14(12-17-13-16-10-7-11-19-16)18(2)15-8-5-3-4-6-9-15/h14-17H,3-13H2,1-2H3. The number of nitrogens with zero attached hydrogens (tertiary/aromatic N) is 1. The van der Waals surface area contributed by atoms with Crippen LogP contribution in [-0.4, -0.2) is 49.8 Å². The first-order valence-electron chi connectivity index (χ1n) is 8.31. The number of hydrogen-bond acceptors (Lipinski definition) is 3. The fourth-order valence-corrected chi connectivity index (χ4v) is 3.43. The molecule has 0 spiro atoms. The molecule has 2 unspecified atom stereocenters. The minimum absolute atomic E-state index is 0.468. The SMILES string of the molecule is CC(CNCC1CCCO1)N(C)C1CCCCCC1. The van der Waals surface area contributed by atoms with Gasteiger partial charge in [-0.3, -0.25) is 4.90 Å². The van der Waals surface area contributed by atoms with Gasteiger partial charge in [-0.1, -0.05) is 25.7 Å². The monoisotopic (exact) mass is 268 g/mol. The second-order valence-corrected chi connectivity index (χ2v) is 6.45. The Labute approximate surface area is 119 Å². The molecule has 19 heavy (non-hydrogen) atoms. The smallest absolute Gasteiger partial charge is 0.0700 e. The molecular weight excluding hydrogens is 236 g/mol. The van der Waals surface area contributed by atoms with E-state index in [0.29, 0.717) is 12.1 Å². The van der Waals surface area contributed by atoms with Crippen molar-refractivity contribution in [3.8, 4) is 0 Å². The Morgan fingerprint density at radius 2 is 1.84 bits per heavy atom. The van der Waals surface area contributed by atoms with Gasteiger partial charge in [-0.2, -0.15) is 0 Å². The molecule has 1 N–H and O–H groups in total. The summed E-state index contributed by atoms with van der Waals surface area (Å²) in [6.07, 6.45) is 11.5. The van der Waals surface area contributed by atoms with Crippen LogP contribution in [0, 0.1) is 0 Å². The fourth-order valence-electron chi connectivity index (χ4n) is 3.43. The Bertz CT molecular complexity index is 233. The van der Waals surface area contributed by atoms with E-state index in [0.717, 1.165) is 25.7 Å². The molecule has 3 nitrogen and oxygen atoms in total. The molecule has 2 atom stereocenters. The van der Waals surface area contributed by atoms with Crippen LogP contribution in [0.25, 0.3) is 0 Å². The summed E-state index contributed by atoms with van der Waals surface area (Å²) < 4.78 is 5.65. The van der Waals surface area contributed by atoms with E-state index in [-0.39, 0.29) is 0 Å². The number of rotatable bonds is 6. The largest absolute Gasteiger partial charge is 0.377 e. The van der Waals surface area contributed by atoms with Crippen LogP contribution >= 0.6 is 0 Å². The highest BCUT2D eigenvalue weighted by Crippen LogP contribution is 2.22. The lowest BCUT2D eigenvalue weighted by Gasteiger charge is -2.33. The van der Waals surface area contributed by atoms with E-state index in [1.165, 1.54) is 51.4 Å². The van der Waals surface area contributed by atoms with Crippen LogP contribution in [0.3, 0.4) is 0 Å². The highest BCUT2D eigenvalue weighted by molar-refractivity contribution is 4.78. The normalized spacial score (nSPS) is 27.6. The molecule has 0 bridgehead atoms. The van der Waals surface area contributed by atoms with Gasteiger partial charge in [0, 0.05) is 31.8 Å².